The number of nitrogens with zero attached hydrogens (tertiary/aromatic N) is 1. The Morgan fingerprint density at radius 2 is 1.82 bits per heavy atom. The van der Waals surface area contributed by atoms with Crippen LogP contribution < -0.4 is 9.64 Å². The Balaban J connectivity index is 1.94. The Hall–Kier alpha value is -3.38. The molecule has 4 rings (SSSR count). The van der Waals surface area contributed by atoms with Crippen molar-refractivity contribution in [2.24, 2.45) is 0 Å². The van der Waals surface area contributed by atoms with Crippen LogP contribution in [0.3, 0.4) is 0 Å². The maximum Gasteiger partial charge on any atom is 0.300 e. The topological polar surface area (TPSA) is 66.8 Å². The van der Waals surface area contributed by atoms with Crippen molar-refractivity contribution in [2.75, 3.05) is 11.5 Å². The minimum atomic E-state index is -0.699. The highest BCUT2D eigenvalue weighted by Crippen LogP contribution is 2.45. The molecule has 5 nitrogen and oxygen atoms in total. The molecule has 1 fully saturated rings. The molecular formula is C28H29NO4S. The number of thiophene rings is 1. The van der Waals surface area contributed by atoms with Crippen molar-refractivity contribution in [3.63, 3.8) is 0 Å². The third kappa shape index (κ3) is 4.03. The molecule has 1 saturated heterocycles. The molecular weight excluding hydrogens is 446 g/mol. The summed E-state index contributed by atoms with van der Waals surface area (Å²) in [6.45, 7) is 10.4. The van der Waals surface area contributed by atoms with Crippen molar-refractivity contribution >= 4 is 34.5 Å². The predicted molar refractivity (Wildman–Crippen MR) is 137 cm³/mol. The van der Waals surface area contributed by atoms with Gasteiger partial charge in [-0.1, -0.05) is 32.0 Å². The third-order valence-electron chi connectivity index (χ3n) is 6.17. The number of amides is 1. The van der Waals surface area contributed by atoms with Crippen LogP contribution in [0.1, 0.15) is 59.9 Å². The number of hydrogen-bond acceptors (Lipinski definition) is 5. The number of aryl methyl sites for hydroxylation is 2. The summed E-state index contributed by atoms with van der Waals surface area (Å²) < 4.78 is 5.76. The molecule has 3 aromatic rings. The number of aliphatic hydroxyl groups excluding tert-OH is 1. The molecule has 0 aliphatic carbocycles. The number of rotatable bonds is 6. The van der Waals surface area contributed by atoms with Crippen molar-refractivity contribution in [3.8, 4) is 5.75 Å². The van der Waals surface area contributed by atoms with Crippen LogP contribution in [0.2, 0.25) is 0 Å². The van der Waals surface area contributed by atoms with Crippen LogP contribution in [-0.4, -0.2) is 23.4 Å². The lowest BCUT2D eigenvalue weighted by molar-refractivity contribution is -0.132. The first-order chi connectivity index (χ1) is 16.3. The highest BCUT2D eigenvalue weighted by Gasteiger charge is 2.48. The van der Waals surface area contributed by atoms with Crippen molar-refractivity contribution in [1.29, 1.82) is 0 Å². The van der Waals surface area contributed by atoms with E-state index in [0.29, 0.717) is 17.9 Å². The number of hydrogen-bond donors (Lipinski definition) is 1. The van der Waals surface area contributed by atoms with E-state index in [9.17, 15) is 14.7 Å². The molecule has 1 aromatic heterocycles. The summed E-state index contributed by atoms with van der Waals surface area (Å²) in [7, 11) is 0. The number of carbonyl (C=O) groups excluding carboxylic acids is 2. The van der Waals surface area contributed by atoms with Gasteiger partial charge in [-0.15, -0.1) is 11.3 Å². The Kier molecular flexibility index (Phi) is 6.62. The van der Waals surface area contributed by atoms with Crippen LogP contribution in [0.15, 0.2) is 59.5 Å². The van der Waals surface area contributed by atoms with Gasteiger partial charge in [0.2, 0.25) is 0 Å². The van der Waals surface area contributed by atoms with Gasteiger partial charge in [-0.25, -0.2) is 0 Å². The summed E-state index contributed by atoms with van der Waals surface area (Å²) in [5.74, 6) is -0.585. The highest BCUT2D eigenvalue weighted by atomic mass is 32.1. The lowest BCUT2D eigenvalue weighted by Crippen LogP contribution is -2.30. The molecule has 0 bridgehead atoms. The van der Waals surface area contributed by atoms with E-state index in [2.05, 4.69) is 0 Å². The first-order valence-corrected chi connectivity index (χ1v) is 12.3. The van der Waals surface area contributed by atoms with E-state index in [1.54, 1.807) is 6.07 Å². The number of ketones is 1. The predicted octanol–water partition coefficient (Wildman–Crippen LogP) is 6.51. The van der Waals surface area contributed by atoms with E-state index in [1.807, 2.05) is 82.5 Å². The Morgan fingerprint density at radius 1 is 1.09 bits per heavy atom. The zero-order chi connectivity index (χ0) is 24.6. The van der Waals surface area contributed by atoms with Crippen molar-refractivity contribution < 1.29 is 19.4 Å². The van der Waals surface area contributed by atoms with E-state index < -0.39 is 17.7 Å². The fourth-order valence-corrected chi connectivity index (χ4v) is 5.44. The smallest absolute Gasteiger partial charge is 0.300 e. The summed E-state index contributed by atoms with van der Waals surface area (Å²) in [4.78, 5) is 29.1. The average molecular weight is 476 g/mol. The molecule has 176 valence electrons. The van der Waals surface area contributed by atoms with Gasteiger partial charge in [0, 0.05) is 16.1 Å². The molecule has 1 aliphatic rings. The second-order valence-electron chi connectivity index (χ2n) is 8.76. The SMILES string of the molecule is CCOc1ccc(/C(O)=C2/C(=O)C(=O)N(c3ccccc3C)C2c2sccc2C)cc1C(C)C. The summed E-state index contributed by atoms with van der Waals surface area (Å²) in [6, 6.07) is 14.2. The second-order valence-corrected chi connectivity index (χ2v) is 9.71. The number of para-hydroxylation sites is 1. The van der Waals surface area contributed by atoms with Crippen LogP contribution in [0, 0.1) is 13.8 Å². The zero-order valence-corrected chi connectivity index (χ0v) is 20.9. The highest BCUT2D eigenvalue weighted by molar-refractivity contribution is 7.10. The van der Waals surface area contributed by atoms with Gasteiger partial charge in [0.05, 0.1) is 12.2 Å². The third-order valence-corrected chi connectivity index (χ3v) is 7.25. The summed E-state index contributed by atoms with van der Waals surface area (Å²) >= 11 is 1.48. The number of carbonyl (C=O) groups is 2. The molecule has 1 atom stereocenters. The summed E-state index contributed by atoms with van der Waals surface area (Å²) in [6.07, 6.45) is 0. The Morgan fingerprint density at radius 3 is 2.44 bits per heavy atom. The van der Waals surface area contributed by atoms with Crippen LogP contribution in [0.25, 0.3) is 5.76 Å². The van der Waals surface area contributed by atoms with E-state index >= 15 is 0 Å². The maximum atomic E-state index is 13.4. The number of anilines is 1. The van der Waals surface area contributed by atoms with Gasteiger partial charge in [0.15, 0.2) is 0 Å². The normalized spacial score (nSPS) is 17.6. The lowest BCUT2D eigenvalue weighted by Gasteiger charge is -2.26. The van der Waals surface area contributed by atoms with Gasteiger partial charge in [0.25, 0.3) is 11.7 Å². The second kappa shape index (κ2) is 9.47. The molecule has 0 radical (unpaired) electrons. The van der Waals surface area contributed by atoms with E-state index in [0.717, 1.165) is 27.3 Å². The van der Waals surface area contributed by atoms with Gasteiger partial charge >= 0.3 is 0 Å². The molecule has 0 saturated carbocycles. The number of Topliss-reactive ketones (excluding diaryl/α,β-unsaturated/α-hetero) is 1. The van der Waals surface area contributed by atoms with Crippen molar-refractivity contribution in [2.45, 2.75) is 46.6 Å². The molecule has 1 unspecified atom stereocenters. The van der Waals surface area contributed by atoms with E-state index in [4.69, 9.17) is 4.74 Å². The molecule has 0 spiro atoms. The first-order valence-electron chi connectivity index (χ1n) is 11.4. The molecule has 34 heavy (non-hydrogen) atoms. The molecule has 1 aliphatic heterocycles. The molecule has 6 heteroatoms. The molecule has 1 amide bonds. The average Bonchev–Trinajstić information content (AvgIpc) is 3.34. The van der Waals surface area contributed by atoms with E-state index in [-0.39, 0.29) is 17.3 Å². The van der Waals surface area contributed by atoms with Gasteiger partial charge in [-0.05, 0) is 79.1 Å². The maximum absolute atomic E-state index is 13.4. The number of ether oxygens (including phenoxy) is 1. The quantitative estimate of drug-likeness (QED) is 0.251. The summed E-state index contributed by atoms with van der Waals surface area (Å²) in [5, 5.41) is 13.4. The van der Waals surface area contributed by atoms with E-state index in [1.165, 1.54) is 16.2 Å². The van der Waals surface area contributed by atoms with Crippen molar-refractivity contribution in [1.82, 2.24) is 0 Å². The van der Waals surface area contributed by atoms with Gasteiger partial charge in [0.1, 0.15) is 17.6 Å². The summed E-state index contributed by atoms with van der Waals surface area (Å²) in [5.41, 5.74) is 4.05. The van der Waals surface area contributed by atoms with Crippen LogP contribution >= 0.6 is 11.3 Å². The molecule has 2 aromatic carbocycles. The molecule has 1 N–H and O–H groups in total. The largest absolute Gasteiger partial charge is 0.507 e. The number of aliphatic hydroxyl groups is 1. The lowest BCUT2D eigenvalue weighted by atomic mass is 9.94. The Bertz CT molecular complexity index is 1290. The number of benzene rings is 2. The van der Waals surface area contributed by atoms with Gasteiger partial charge < -0.3 is 9.84 Å². The van der Waals surface area contributed by atoms with Gasteiger partial charge in [-0.2, -0.15) is 0 Å². The van der Waals surface area contributed by atoms with Crippen molar-refractivity contribution in [3.05, 3.63) is 86.6 Å². The fraction of sp³-hybridized carbons (Fsp3) is 0.286. The fourth-order valence-electron chi connectivity index (χ4n) is 4.42. The van der Waals surface area contributed by atoms with Crippen LogP contribution in [0.5, 0.6) is 5.75 Å². The van der Waals surface area contributed by atoms with Gasteiger partial charge in [-0.3, -0.25) is 14.5 Å². The standard InChI is InChI=1S/C28H29NO4S/c1-6-33-22-12-11-19(15-20(22)16(2)3)25(30)23-24(27-18(5)13-14-34-27)29(28(32)26(23)31)21-10-8-7-9-17(21)4/h7-16,24,30H,6H2,1-5H3/b25-23-. The first kappa shape index (κ1) is 23.8. The van der Waals surface area contributed by atoms with Crippen LogP contribution in [-0.2, 0) is 9.59 Å². The van der Waals surface area contributed by atoms with Crippen LogP contribution in [0.4, 0.5) is 5.69 Å². The monoisotopic (exact) mass is 475 g/mol. The molecule has 2 heterocycles. The zero-order valence-electron chi connectivity index (χ0n) is 20.1. The minimum absolute atomic E-state index is 0.109. The minimum Gasteiger partial charge on any atom is -0.507 e. The Labute approximate surface area is 204 Å².